The Morgan fingerprint density at radius 1 is 1.41 bits per heavy atom. The van der Waals surface area contributed by atoms with E-state index >= 15 is 0 Å². The summed E-state index contributed by atoms with van der Waals surface area (Å²) < 4.78 is 34.6. The highest BCUT2D eigenvalue weighted by atomic mass is 32.2. The van der Waals surface area contributed by atoms with Crippen molar-refractivity contribution in [2.45, 2.75) is 18.9 Å². The summed E-state index contributed by atoms with van der Waals surface area (Å²) in [7, 11) is -0.938. The fourth-order valence-corrected chi connectivity index (χ4v) is 2.41. The molecule has 0 spiro atoms. The molecule has 0 amide bonds. The second-order valence-corrected chi connectivity index (χ2v) is 5.30. The van der Waals surface area contributed by atoms with E-state index in [2.05, 4.69) is 9.46 Å². The maximum absolute atomic E-state index is 11.6. The molecule has 1 atom stereocenters. The number of methoxy groups -OCH3 is 2. The van der Waals surface area contributed by atoms with Gasteiger partial charge < -0.3 is 14.6 Å². The van der Waals surface area contributed by atoms with E-state index in [4.69, 9.17) is 9.84 Å². The minimum atomic E-state index is -3.57. The Hall–Kier alpha value is -0.700. The summed E-state index contributed by atoms with van der Waals surface area (Å²) in [5.41, 5.74) is 0. The van der Waals surface area contributed by atoms with Gasteiger partial charge in [0.1, 0.15) is 0 Å². The number of aliphatic hydroxyl groups is 1. The van der Waals surface area contributed by atoms with Gasteiger partial charge in [-0.25, -0.2) is 13.1 Å². The lowest BCUT2D eigenvalue weighted by molar-refractivity contribution is -0.140. The van der Waals surface area contributed by atoms with Crippen molar-refractivity contribution in [3.8, 4) is 0 Å². The zero-order valence-electron chi connectivity index (χ0n) is 10.0. The molecule has 8 heteroatoms. The van der Waals surface area contributed by atoms with Crippen LogP contribution in [0.2, 0.25) is 0 Å². The van der Waals surface area contributed by atoms with Crippen LogP contribution in [0.3, 0.4) is 0 Å². The van der Waals surface area contributed by atoms with Gasteiger partial charge in [0.15, 0.2) is 0 Å². The molecule has 0 aliphatic carbocycles. The number of hydrogen-bond acceptors (Lipinski definition) is 6. The average Bonchev–Trinajstić information content (AvgIpc) is 2.26. The van der Waals surface area contributed by atoms with E-state index in [0.717, 1.165) is 0 Å². The predicted octanol–water partition coefficient (Wildman–Crippen LogP) is -1.13. The Morgan fingerprint density at radius 3 is 2.53 bits per heavy atom. The quantitative estimate of drug-likeness (QED) is 0.513. The number of nitrogens with one attached hydrogen (secondary N) is 1. The van der Waals surface area contributed by atoms with Gasteiger partial charge in [0.05, 0.1) is 25.9 Å². The zero-order chi connectivity index (χ0) is 13.3. The van der Waals surface area contributed by atoms with E-state index in [1.54, 1.807) is 0 Å². The average molecular weight is 269 g/mol. The van der Waals surface area contributed by atoms with Gasteiger partial charge in [-0.1, -0.05) is 0 Å². The van der Waals surface area contributed by atoms with Crippen LogP contribution in [0.15, 0.2) is 0 Å². The molecule has 0 saturated heterocycles. The van der Waals surface area contributed by atoms with Crippen LogP contribution in [-0.4, -0.2) is 58.7 Å². The molecule has 0 bridgehead atoms. The van der Waals surface area contributed by atoms with Crippen LogP contribution in [0.5, 0.6) is 0 Å². The first-order valence-electron chi connectivity index (χ1n) is 5.11. The SMILES string of the molecule is COCC(CCO)NS(=O)(=O)CCC(=O)OC. The van der Waals surface area contributed by atoms with Crippen LogP contribution in [-0.2, 0) is 24.3 Å². The smallest absolute Gasteiger partial charge is 0.306 e. The summed E-state index contributed by atoms with van der Waals surface area (Å²) in [5.74, 6) is -0.925. The molecule has 0 fully saturated rings. The third-order valence-corrected chi connectivity index (χ3v) is 3.43. The van der Waals surface area contributed by atoms with Crippen molar-refractivity contribution in [1.29, 1.82) is 0 Å². The number of ether oxygens (including phenoxy) is 2. The zero-order valence-corrected chi connectivity index (χ0v) is 10.8. The molecule has 17 heavy (non-hydrogen) atoms. The monoisotopic (exact) mass is 269 g/mol. The van der Waals surface area contributed by atoms with Crippen molar-refractivity contribution >= 4 is 16.0 Å². The summed E-state index contributed by atoms with van der Waals surface area (Å²) in [6, 6.07) is -0.493. The Balaban J connectivity index is 4.24. The van der Waals surface area contributed by atoms with Crippen molar-refractivity contribution in [3.05, 3.63) is 0 Å². The molecular weight excluding hydrogens is 250 g/mol. The molecule has 0 radical (unpaired) electrons. The molecule has 0 saturated carbocycles. The molecule has 0 aromatic rings. The van der Waals surface area contributed by atoms with E-state index in [1.165, 1.54) is 14.2 Å². The van der Waals surface area contributed by atoms with Crippen molar-refractivity contribution in [3.63, 3.8) is 0 Å². The summed E-state index contributed by atoms with van der Waals surface area (Å²) in [5, 5.41) is 8.75. The topological polar surface area (TPSA) is 102 Å². The largest absolute Gasteiger partial charge is 0.469 e. The van der Waals surface area contributed by atoms with Crippen molar-refractivity contribution < 1.29 is 27.8 Å². The molecule has 0 aliphatic rings. The molecular formula is C9H19NO6S. The first kappa shape index (κ1) is 16.3. The lowest BCUT2D eigenvalue weighted by Crippen LogP contribution is -2.40. The van der Waals surface area contributed by atoms with Crippen molar-refractivity contribution in [2.24, 2.45) is 0 Å². The Morgan fingerprint density at radius 2 is 2.06 bits per heavy atom. The Labute approximate surface area is 101 Å². The number of carbonyl (C=O) groups is 1. The van der Waals surface area contributed by atoms with Gasteiger partial charge in [0.2, 0.25) is 10.0 Å². The fraction of sp³-hybridized carbons (Fsp3) is 0.889. The molecule has 0 aliphatic heterocycles. The molecule has 2 N–H and O–H groups in total. The summed E-state index contributed by atoms with van der Waals surface area (Å²) in [4.78, 5) is 10.8. The van der Waals surface area contributed by atoms with Crippen LogP contribution < -0.4 is 4.72 Å². The van der Waals surface area contributed by atoms with Crippen LogP contribution in [0.1, 0.15) is 12.8 Å². The molecule has 0 rings (SSSR count). The van der Waals surface area contributed by atoms with Crippen LogP contribution >= 0.6 is 0 Å². The third kappa shape index (κ3) is 8.08. The molecule has 102 valence electrons. The maximum atomic E-state index is 11.6. The number of carbonyl (C=O) groups excluding carboxylic acids is 1. The molecule has 0 heterocycles. The highest BCUT2D eigenvalue weighted by molar-refractivity contribution is 7.89. The molecule has 7 nitrogen and oxygen atoms in total. The van der Waals surface area contributed by atoms with Crippen LogP contribution in [0, 0.1) is 0 Å². The van der Waals surface area contributed by atoms with Crippen LogP contribution in [0.25, 0.3) is 0 Å². The van der Waals surface area contributed by atoms with Crippen LogP contribution in [0.4, 0.5) is 0 Å². The first-order chi connectivity index (χ1) is 7.95. The maximum Gasteiger partial charge on any atom is 0.306 e. The highest BCUT2D eigenvalue weighted by Crippen LogP contribution is 1.98. The van der Waals surface area contributed by atoms with Gasteiger partial charge in [-0.3, -0.25) is 4.79 Å². The number of hydrogen-bond donors (Lipinski definition) is 2. The van der Waals surface area contributed by atoms with Crippen molar-refractivity contribution in [2.75, 3.05) is 33.2 Å². The second-order valence-electron chi connectivity index (χ2n) is 3.43. The van der Waals surface area contributed by atoms with Gasteiger partial charge in [-0.2, -0.15) is 0 Å². The van der Waals surface area contributed by atoms with Gasteiger partial charge in [0.25, 0.3) is 0 Å². The molecule has 0 aromatic heterocycles. The van der Waals surface area contributed by atoms with Crippen molar-refractivity contribution in [1.82, 2.24) is 4.72 Å². The second kappa shape index (κ2) is 8.40. The van der Waals surface area contributed by atoms with Gasteiger partial charge in [-0.05, 0) is 6.42 Å². The lowest BCUT2D eigenvalue weighted by Gasteiger charge is -2.16. The molecule has 1 unspecified atom stereocenters. The first-order valence-corrected chi connectivity index (χ1v) is 6.77. The standard InChI is InChI=1S/C9H19NO6S/c1-15-7-8(3-5-11)10-17(13,14)6-4-9(12)16-2/h8,10-11H,3-7H2,1-2H3. The number of rotatable bonds is 9. The summed E-state index contributed by atoms with van der Waals surface area (Å²) in [6.45, 7) is 0.0194. The Bertz CT molecular complexity index is 309. The lowest BCUT2D eigenvalue weighted by atomic mass is 10.2. The minimum Gasteiger partial charge on any atom is -0.469 e. The van der Waals surface area contributed by atoms with E-state index in [-0.39, 0.29) is 31.8 Å². The Kier molecular flexibility index (Phi) is 8.05. The van der Waals surface area contributed by atoms with E-state index < -0.39 is 22.0 Å². The third-order valence-electron chi connectivity index (χ3n) is 1.99. The predicted molar refractivity (Wildman–Crippen MR) is 60.9 cm³/mol. The number of aliphatic hydroxyl groups excluding tert-OH is 1. The van der Waals surface area contributed by atoms with E-state index in [0.29, 0.717) is 0 Å². The van der Waals surface area contributed by atoms with E-state index in [1.807, 2.05) is 0 Å². The summed E-state index contributed by atoms with van der Waals surface area (Å²) >= 11 is 0. The van der Waals surface area contributed by atoms with Gasteiger partial charge in [-0.15, -0.1) is 0 Å². The van der Waals surface area contributed by atoms with Gasteiger partial charge >= 0.3 is 5.97 Å². The van der Waals surface area contributed by atoms with E-state index in [9.17, 15) is 13.2 Å². The summed E-state index contributed by atoms with van der Waals surface area (Å²) in [6.07, 6.45) is 0.0515. The molecule has 0 aromatic carbocycles. The number of sulfonamides is 1. The number of esters is 1. The normalized spacial score (nSPS) is 13.4. The minimum absolute atomic E-state index is 0.145. The highest BCUT2D eigenvalue weighted by Gasteiger charge is 2.18. The fourth-order valence-electron chi connectivity index (χ4n) is 1.17. The van der Waals surface area contributed by atoms with Gasteiger partial charge in [0, 0.05) is 19.8 Å².